The van der Waals surface area contributed by atoms with E-state index in [1.807, 2.05) is 30.3 Å². The zero-order valence-corrected chi connectivity index (χ0v) is 11.9. The van der Waals surface area contributed by atoms with Gasteiger partial charge in [-0.1, -0.05) is 30.3 Å². The topological polar surface area (TPSA) is 90.2 Å². The number of aliphatic hydroxyl groups is 2. The summed E-state index contributed by atoms with van der Waals surface area (Å²) in [7, 11) is -1.68. The van der Waals surface area contributed by atoms with Crippen molar-refractivity contribution in [1.29, 1.82) is 0 Å². The number of hydrogen-bond donors (Lipinski definition) is 4. The van der Waals surface area contributed by atoms with Gasteiger partial charge in [0.1, 0.15) is 0 Å². The average Bonchev–Trinajstić information content (AvgIpc) is 2.26. The predicted molar refractivity (Wildman–Crippen MR) is 74.0 cm³/mol. The molecule has 4 N–H and O–H groups in total. The van der Waals surface area contributed by atoms with Crippen LogP contribution in [0.4, 0.5) is 0 Å². The van der Waals surface area contributed by atoms with Gasteiger partial charge >= 0.3 is 7.32 Å². The van der Waals surface area contributed by atoms with Crippen molar-refractivity contribution >= 4 is 7.32 Å². The molecule has 108 valence electrons. The Morgan fingerprint density at radius 1 is 0.947 bits per heavy atom. The molecule has 1 aromatic carbocycles. The summed E-state index contributed by atoms with van der Waals surface area (Å²) in [5, 5.41) is 34.9. The number of benzene rings is 1. The zero-order valence-electron chi connectivity index (χ0n) is 11.9. The van der Waals surface area contributed by atoms with E-state index in [9.17, 15) is 0 Å². The van der Waals surface area contributed by atoms with Crippen LogP contribution in [-0.2, 0) is 11.3 Å². The van der Waals surface area contributed by atoms with Gasteiger partial charge in [0.2, 0.25) is 0 Å². The molecule has 0 spiro atoms. The van der Waals surface area contributed by atoms with E-state index < -0.39 is 18.5 Å². The third kappa shape index (κ3) is 8.74. The van der Waals surface area contributed by atoms with Crippen LogP contribution in [0.3, 0.4) is 0 Å². The van der Waals surface area contributed by atoms with Crippen molar-refractivity contribution < 1.29 is 24.9 Å². The van der Waals surface area contributed by atoms with E-state index in [0.717, 1.165) is 5.56 Å². The molecule has 0 unspecified atom stereocenters. The van der Waals surface area contributed by atoms with Gasteiger partial charge in [-0.05, 0) is 33.3 Å². The van der Waals surface area contributed by atoms with E-state index in [1.54, 1.807) is 27.7 Å². The van der Waals surface area contributed by atoms with Crippen LogP contribution in [0.15, 0.2) is 30.3 Å². The monoisotopic (exact) mass is 270 g/mol. The summed E-state index contributed by atoms with van der Waals surface area (Å²) in [6, 6.07) is 9.31. The SMILES string of the molecule is CC(C)(O)C(C)(C)O.OB(O)OCc1ccccc1. The number of hydrogen-bond acceptors (Lipinski definition) is 5. The minimum atomic E-state index is -1.68. The van der Waals surface area contributed by atoms with Crippen LogP contribution < -0.4 is 0 Å². The first-order chi connectivity index (χ1) is 8.54. The van der Waals surface area contributed by atoms with Gasteiger partial charge in [0.15, 0.2) is 0 Å². The molecule has 0 aromatic heterocycles. The summed E-state index contributed by atoms with van der Waals surface area (Å²) < 4.78 is 4.54. The van der Waals surface area contributed by atoms with Gasteiger partial charge in [0, 0.05) is 0 Å². The van der Waals surface area contributed by atoms with E-state index in [2.05, 4.69) is 4.65 Å². The lowest BCUT2D eigenvalue weighted by Gasteiger charge is -2.31. The van der Waals surface area contributed by atoms with Gasteiger partial charge < -0.3 is 24.9 Å². The van der Waals surface area contributed by atoms with Crippen molar-refractivity contribution in [2.75, 3.05) is 0 Å². The van der Waals surface area contributed by atoms with Crippen LogP contribution in [0.25, 0.3) is 0 Å². The summed E-state index contributed by atoms with van der Waals surface area (Å²) in [4.78, 5) is 0. The van der Waals surface area contributed by atoms with Gasteiger partial charge in [0.25, 0.3) is 0 Å². The Morgan fingerprint density at radius 3 is 1.68 bits per heavy atom. The molecule has 0 atom stereocenters. The lowest BCUT2D eigenvalue weighted by molar-refractivity contribution is -0.107. The fourth-order valence-electron chi connectivity index (χ4n) is 0.745. The van der Waals surface area contributed by atoms with Gasteiger partial charge in [-0.25, -0.2) is 0 Å². The molecule has 0 aliphatic rings. The molecular formula is C13H23BO5. The first-order valence-electron chi connectivity index (χ1n) is 6.00. The molecule has 0 fully saturated rings. The third-order valence-electron chi connectivity index (χ3n) is 2.74. The van der Waals surface area contributed by atoms with Crippen molar-refractivity contribution in [3.63, 3.8) is 0 Å². The smallest absolute Gasteiger partial charge is 0.402 e. The fourth-order valence-corrected chi connectivity index (χ4v) is 0.745. The molecule has 0 aliphatic carbocycles. The van der Waals surface area contributed by atoms with Crippen LogP contribution in [-0.4, -0.2) is 38.8 Å². The Balaban J connectivity index is 0.000000362. The molecule has 5 nitrogen and oxygen atoms in total. The minimum Gasteiger partial charge on any atom is -0.402 e. The molecule has 19 heavy (non-hydrogen) atoms. The highest BCUT2D eigenvalue weighted by molar-refractivity contribution is 6.32. The standard InChI is InChI=1S/C7H9BO3.C6H14O2/c9-8(10)11-6-7-4-2-1-3-5-7;1-5(2,7)6(3,4)8/h1-5,9-10H,6H2;7-8H,1-4H3. The Hall–Kier alpha value is -0.915. The maximum Gasteiger partial charge on any atom is 0.634 e. The summed E-state index contributed by atoms with van der Waals surface area (Å²) in [5.74, 6) is 0. The van der Waals surface area contributed by atoms with Crippen LogP contribution in [0.5, 0.6) is 0 Å². The molecule has 0 saturated heterocycles. The Kier molecular flexibility index (Phi) is 7.25. The van der Waals surface area contributed by atoms with Crippen molar-refractivity contribution in [2.45, 2.75) is 45.5 Å². The Labute approximate surface area is 114 Å². The van der Waals surface area contributed by atoms with E-state index in [0.29, 0.717) is 0 Å². The average molecular weight is 270 g/mol. The molecule has 0 heterocycles. The fraction of sp³-hybridized carbons (Fsp3) is 0.538. The highest BCUT2D eigenvalue weighted by Gasteiger charge is 2.31. The quantitative estimate of drug-likeness (QED) is 0.605. The molecular weight excluding hydrogens is 247 g/mol. The van der Waals surface area contributed by atoms with Gasteiger partial charge in [-0.3, -0.25) is 0 Å². The molecule has 1 aromatic rings. The van der Waals surface area contributed by atoms with E-state index >= 15 is 0 Å². The highest BCUT2D eigenvalue weighted by Crippen LogP contribution is 2.19. The van der Waals surface area contributed by atoms with Crippen molar-refractivity contribution in [2.24, 2.45) is 0 Å². The summed E-state index contributed by atoms with van der Waals surface area (Å²) >= 11 is 0. The van der Waals surface area contributed by atoms with E-state index in [4.69, 9.17) is 20.3 Å². The molecule has 0 bridgehead atoms. The van der Waals surface area contributed by atoms with Crippen LogP contribution in [0.1, 0.15) is 33.3 Å². The first-order valence-corrected chi connectivity index (χ1v) is 6.00. The molecule has 0 saturated carbocycles. The Bertz CT molecular complexity index is 328. The lowest BCUT2D eigenvalue weighted by atomic mass is 9.90. The van der Waals surface area contributed by atoms with Crippen molar-refractivity contribution in [3.05, 3.63) is 35.9 Å². The predicted octanol–water partition coefficient (Wildman–Crippen LogP) is 0.701. The summed E-state index contributed by atoms with van der Waals surface area (Å²) in [5.41, 5.74) is -1.10. The second-order valence-corrected chi connectivity index (χ2v) is 5.24. The van der Waals surface area contributed by atoms with E-state index in [-0.39, 0.29) is 6.61 Å². The second-order valence-electron chi connectivity index (χ2n) is 5.24. The third-order valence-corrected chi connectivity index (χ3v) is 2.74. The minimum absolute atomic E-state index is 0.221. The molecule has 0 radical (unpaired) electrons. The molecule has 0 amide bonds. The van der Waals surface area contributed by atoms with Gasteiger partial charge in [-0.15, -0.1) is 0 Å². The first kappa shape index (κ1) is 18.1. The van der Waals surface area contributed by atoms with Crippen LogP contribution in [0, 0.1) is 0 Å². The van der Waals surface area contributed by atoms with Gasteiger partial charge in [-0.2, -0.15) is 0 Å². The summed E-state index contributed by atoms with van der Waals surface area (Å²) in [6.07, 6.45) is 0. The van der Waals surface area contributed by atoms with Crippen LogP contribution in [0.2, 0.25) is 0 Å². The van der Waals surface area contributed by atoms with Gasteiger partial charge in [0.05, 0.1) is 17.8 Å². The zero-order chi connectivity index (χ0) is 15.1. The highest BCUT2D eigenvalue weighted by atomic mass is 16.6. The molecule has 1 rings (SSSR count). The lowest BCUT2D eigenvalue weighted by Crippen LogP contribution is -2.44. The van der Waals surface area contributed by atoms with Crippen molar-refractivity contribution in [3.8, 4) is 0 Å². The largest absolute Gasteiger partial charge is 0.634 e. The second kappa shape index (κ2) is 7.62. The normalized spacial score (nSPS) is 11.6. The van der Waals surface area contributed by atoms with Crippen LogP contribution >= 0.6 is 0 Å². The maximum atomic E-state index is 9.10. The maximum absolute atomic E-state index is 9.10. The summed E-state index contributed by atoms with van der Waals surface area (Å²) in [6.45, 7) is 6.53. The molecule has 6 heteroatoms. The molecule has 0 aliphatic heterocycles. The Morgan fingerprint density at radius 2 is 1.37 bits per heavy atom. The van der Waals surface area contributed by atoms with Crippen molar-refractivity contribution in [1.82, 2.24) is 0 Å². The number of rotatable bonds is 4. The van der Waals surface area contributed by atoms with E-state index in [1.165, 1.54) is 0 Å².